The Bertz CT molecular complexity index is 595. The van der Waals surface area contributed by atoms with E-state index in [4.69, 9.17) is 10.6 Å². The number of hydrazine groups is 1. The van der Waals surface area contributed by atoms with Crippen LogP contribution in [0.3, 0.4) is 0 Å². The Kier molecular flexibility index (Phi) is 6.05. The molecule has 3 nitrogen and oxygen atoms in total. The first-order valence-corrected chi connectivity index (χ1v) is 8.10. The van der Waals surface area contributed by atoms with Crippen molar-refractivity contribution in [2.24, 2.45) is 5.84 Å². The molecule has 0 fully saturated rings. The van der Waals surface area contributed by atoms with Crippen LogP contribution < -0.4 is 16.0 Å². The van der Waals surface area contributed by atoms with Crippen LogP contribution in [0.15, 0.2) is 51.8 Å². The van der Waals surface area contributed by atoms with Crippen molar-refractivity contribution in [2.45, 2.75) is 10.9 Å². The number of halogens is 2. The van der Waals surface area contributed by atoms with E-state index in [-0.39, 0.29) is 11.9 Å². The van der Waals surface area contributed by atoms with Gasteiger partial charge in [0.15, 0.2) is 0 Å². The maximum atomic E-state index is 14.1. The second-order valence-electron chi connectivity index (χ2n) is 4.37. The monoisotopic (exact) mass is 370 g/mol. The molecule has 0 aliphatic heterocycles. The first kappa shape index (κ1) is 16.3. The zero-order valence-electron chi connectivity index (χ0n) is 11.5. The van der Waals surface area contributed by atoms with Gasteiger partial charge in [-0.3, -0.25) is 11.3 Å². The van der Waals surface area contributed by atoms with Gasteiger partial charge in [0.25, 0.3) is 0 Å². The maximum Gasteiger partial charge on any atom is 0.131 e. The standard InChI is InChI=1S/C15H16BrFN2OS/c1-20-11-4-7-13(14(17)8-11)15(19-18)9-21-12-5-2-10(16)3-6-12/h2-8,15,19H,9,18H2,1H3. The summed E-state index contributed by atoms with van der Waals surface area (Å²) >= 11 is 5.01. The molecule has 0 spiro atoms. The number of methoxy groups -OCH3 is 1. The highest BCUT2D eigenvalue weighted by atomic mass is 79.9. The first-order chi connectivity index (χ1) is 10.1. The summed E-state index contributed by atoms with van der Waals surface area (Å²) in [5, 5.41) is 0. The number of thioether (sulfide) groups is 1. The Morgan fingerprint density at radius 3 is 2.57 bits per heavy atom. The Labute approximate surface area is 136 Å². The van der Waals surface area contributed by atoms with E-state index < -0.39 is 0 Å². The number of nitrogens with two attached hydrogens (primary N) is 1. The first-order valence-electron chi connectivity index (χ1n) is 6.32. The van der Waals surface area contributed by atoms with Gasteiger partial charge in [-0.05, 0) is 30.3 Å². The van der Waals surface area contributed by atoms with Crippen LogP contribution in [-0.4, -0.2) is 12.9 Å². The summed E-state index contributed by atoms with van der Waals surface area (Å²) in [5.74, 6) is 6.36. The van der Waals surface area contributed by atoms with Crippen LogP contribution in [0.5, 0.6) is 5.75 Å². The van der Waals surface area contributed by atoms with E-state index in [0.717, 1.165) is 9.37 Å². The minimum atomic E-state index is -0.325. The zero-order chi connectivity index (χ0) is 15.2. The van der Waals surface area contributed by atoms with Gasteiger partial charge in [-0.2, -0.15) is 0 Å². The highest BCUT2D eigenvalue weighted by molar-refractivity contribution is 9.10. The van der Waals surface area contributed by atoms with E-state index in [0.29, 0.717) is 17.1 Å². The molecule has 1 atom stereocenters. The van der Waals surface area contributed by atoms with Gasteiger partial charge in [0, 0.05) is 26.8 Å². The second kappa shape index (κ2) is 7.79. The maximum absolute atomic E-state index is 14.1. The van der Waals surface area contributed by atoms with Crippen LogP contribution in [0.2, 0.25) is 0 Å². The summed E-state index contributed by atoms with van der Waals surface area (Å²) < 4.78 is 20.1. The molecule has 0 aliphatic carbocycles. The molecule has 1 unspecified atom stereocenters. The molecule has 0 radical (unpaired) electrons. The van der Waals surface area contributed by atoms with Crippen molar-refractivity contribution in [1.29, 1.82) is 0 Å². The van der Waals surface area contributed by atoms with Crippen molar-refractivity contribution < 1.29 is 9.13 Å². The van der Waals surface area contributed by atoms with Crippen molar-refractivity contribution in [3.63, 3.8) is 0 Å². The Hall–Kier alpha value is -1.08. The predicted octanol–water partition coefficient (Wildman–Crippen LogP) is 3.89. The highest BCUT2D eigenvalue weighted by Gasteiger charge is 2.15. The molecule has 0 aromatic heterocycles. The lowest BCUT2D eigenvalue weighted by Gasteiger charge is -2.17. The fourth-order valence-corrected chi connectivity index (χ4v) is 3.08. The molecule has 0 bridgehead atoms. The summed E-state index contributed by atoms with van der Waals surface area (Å²) in [6.45, 7) is 0. The molecular weight excluding hydrogens is 355 g/mol. The summed E-state index contributed by atoms with van der Waals surface area (Å²) in [4.78, 5) is 1.10. The molecule has 0 saturated carbocycles. The van der Waals surface area contributed by atoms with Gasteiger partial charge in [-0.25, -0.2) is 4.39 Å². The van der Waals surface area contributed by atoms with E-state index in [1.807, 2.05) is 24.3 Å². The summed E-state index contributed by atoms with van der Waals surface area (Å²) in [7, 11) is 1.51. The molecule has 3 N–H and O–H groups in total. The van der Waals surface area contributed by atoms with Crippen LogP contribution in [0, 0.1) is 5.82 Å². The number of hydrogen-bond acceptors (Lipinski definition) is 4. The van der Waals surface area contributed by atoms with Gasteiger partial charge in [0.2, 0.25) is 0 Å². The summed E-state index contributed by atoms with van der Waals surface area (Å²) in [6.07, 6.45) is 0. The molecule has 112 valence electrons. The molecule has 0 aliphatic rings. The third kappa shape index (κ3) is 4.44. The second-order valence-corrected chi connectivity index (χ2v) is 6.38. The lowest BCUT2D eigenvalue weighted by molar-refractivity contribution is 0.409. The topological polar surface area (TPSA) is 47.3 Å². The number of rotatable bonds is 6. The van der Waals surface area contributed by atoms with Crippen molar-refractivity contribution in [2.75, 3.05) is 12.9 Å². The van der Waals surface area contributed by atoms with Crippen LogP contribution in [0.4, 0.5) is 4.39 Å². The van der Waals surface area contributed by atoms with Crippen molar-refractivity contribution in [3.05, 3.63) is 58.3 Å². The number of ether oxygens (including phenoxy) is 1. The quantitative estimate of drug-likeness (QED) is 0.460. The average Bonchev–Trinajstić information content (AvgIpc) is 2.50. The highest BCUT2D eigenvalue weighted by Crippen LogP contribution is 2.28. The molecule has 0 heterocycles. The Morgan fingerprint density at radius 2 is 2.00 bits per heavy atom. The molecule has 6 heteroatoms. The molecular formula is C15H16BrFN2OS. The largest absolute Gasteiger partial charge is 0.497 e. The third-order valence-corrected chi connectivity index (χ3v) is 4.65. The van der Waals surface area contributed by atoms with Crippen LogP contribution in [-0.2, 0) is 0 Å². The van der Waals surface area contributed by atoms with Gasteiger partial charge in [0.05, 0.1) is 13.2 Å². The Morgan fingerprint density at radius 1 is 1.29 bits per heavy atom. The van der Waals surface area contributed by atoms with E-state index in [1.165, 1.54) is 13.2 Å². The molecule has 21 heavy (non-hydrogen) atoms. The van der Waals surface area contributed by atoms with Crippen molar-refractivity contribution >= 4 is 27.7 Å². The fourth-order valence-electron chi connectivity index (χ4n) is 1.86. The zero-order valence-corrected chi connectivity index (χ0v) is 13.9. The smallest absolute Gasteiger partial charge is 0.131 e. The normalized spacial score (nSPS) is 12.2. The van der Waals surface area contributed by atoms with Crippen molar-refractivity contribution in [1.82, 2.24) is 5.43 Å². The molecule has 0 saturated heterocycles. The van der Waals surface area contributed by atoms with E-state index in [1.54, 1.807) is 23.9 Å². The van der Waals surface area contributed by atoms with Crippen LogP contribution in [0.25, 0.3) is 0 Å². The molecule has 2 aromatic carbocycles. The SMILES string of the molecule is COc1ccc(C(CSc2ccc(Br)cc2)NN)c(F)c1. The van der Waals surface area contributed by atoms with Gasteiger partial charge in [-0.1, -0.05) is 22.0 Å². The van der Waals surface area contributed by atoms with Crippen LogP contribution in [0.1, 0.15) is 11.6 Å². The fraction of sp³-hybridized carbons (Fsp3) is 0.200. The van der Waals surface area contributed by atoms with E-state index >= 15 is 0 Å². The van der Waals surface area contributed by atoms with E-state index in [9.17, 15) is 4.39 Å². The minimum Gasteiger partial charge on any atom is -0.497 e. The minimum absolute atomic E-state index is 0.274. The van der Waals surface area contributed by atoms with Gasteiger partial charge in [0.1, 0.15) is 11.6 Å². The molecule has 2 aromatic rings. The Balaban J connectivity index is 2.07. The summed E-state index contributed by atoms with van der Waals surface area (Å²) in [6, 6.07) is 12.5. The van der Waals surface area contributed by atoms with Crippen molar-refractivity contribution in [3.8, 4) is 5.75 Å². The third-order valence-electron chi connectivity index (χ3n) is 3.01. The van der Waals surface area contributed by atoms with E-state index in [2.05, 4.69) is 21.4 Å². The van der Waals surface area contributed by atoms with Gasteiger partial charge >= 0.3 is 0 Å². The van der Waals surface area contributed by atoms with Gasteiger partial charge < -0.3 is 4.74 Å². The number of benzene rings is 2. The number of hydrogen-bond donors (Lipinski definition) is 2. The summed E-state index contributed by atoms with van der Waals surface area (Å²) in [5.41, 5.74) is 3.20. The molecule has 0 amide bonds. The number of nitrogens with one attached hydrogen (secondary N) is 1. The lowest BCUT2D eigenvalue weighted by atomic mass is 10.1. The predicted molar refractivity (Wildman–Crippen MR) is 87.9 cm³/mol. The van der Waals surface area contributed by atoms with Gasteiger partial charge in [-0.15, -0.1) is 11.8 Å². The molecule has 2 rings (SSSR count). The average molecular weight is 371 g/mol. The van der Waals surface area contributed by atoms with Crippen LogP contribution >= 0.6 is 27.7 Å². The lowest BCUT2D eigenvalue weighted by Crippen LogP contribution is -2.30.